The molecule has 9 heteroatoms. The molecular weight excluding hydrogens is 445 g/mol. The van der Waals surface area contributed by atoms with Gasteiger partial charge in [-0.15, -0.1) is 4.78 Å². The molecule has 7 nitrogen and oxygen atoms in total. The maximum atomic E-state index is 12.4. The first kappa shape index (κ1) is 28.1. The van der Waals surface area contributed by atoms with E-state index in [2.05, 4.69) is 32.6 Å². The van der Waals surface area contributed by atoms with Crippen LogP contribution in [0.15, 0.2) is 29.4 Å². The standard InChI is InChI=1S/C23H37N3O4PS/c1-9-23(17(3)4,31(32)25(7)24-6)30-20-13-11-19(12-14-20)15-21(22(28)29-8)26(10-2)16-18(5)27/h11-14,17,21H,6,9-10,15-16H2,1-5,7-8H3/q+1. The number of methoxy groups -OCH3 is 1. The van der Waals surface area contributed by atoms with Crippen LogP contribution in [0.25, 0.3) is 0 Å². The first-order valence-corrected chi connectivity index (χ1v) is 13.1. The summed E-state index contributed by atoms with van der Waals surface area (Å²) in [5.41, 5.74) is 0.951. The second-order valence-corrected chi connectivity index (χ2v) is 10.9. The van der Waals surface area contributed by atoms with Gasteiger partial charge in [0, 0.05) is 19.1 Å². The van der Waals surface area contributed by atoms with Gasteiger partial charge in [-0.25, -0.2) is 0 Å². The SMILES string of the molecule is C=NN(C)[P+](=S)C(CC)(Oc1ccc(CC(C(=O)OC)N(CC)CC(C)=O)cc1)C(C)C. The van der Waals surface area contributed by atoms with Crippen LogP contribution in [0, 0.1) is 5.92 Å². The van der Waals surface area contributed by atoms with Crippen molar-refractivity contribution in [2.75, 3.05) is 27.2 Å². The Hall–Kier alpha value is -1.89. The van der Waals surface area contributed by atoms with Gasteiger partial charge in [-0.1, -0.05) is 39.8 Å². The van der Waals surface area contributed by atoms with Gasteiger partial charge in [0.15, 0.2) is 11.8 Å². The van der Waals surface area contributed by atoms with Crippen molar-refractivity contribution in [2.24, 2.45) is 11.0 Å². The van der Waals surface area contributed by atoms with Crippen LogP contribution in [0.2, 0.25) is 0 Å². The van der Waals surface area contributed by atoms with E-state index in [1.807, 2.05) is 43.1 Å². The second kappa shape index (κ2) is 13.0. The molecule has 0 aliphatic carbocycles. The molecule has 0 fully saturated rings. The Balaban J connectivity index is 3.14. The fourth-order valence-corrected chi connectivity index (χ4v) is 6.43. The monoisotopic (exact) mass is 482 g/mol. The van der Waals surface area contributed by atoms with Crippen LogP contribution >= 0.6 is 6.85 Å². The van der Waals surface area contributed by atoms with Crippen molar-refractivity contribution in [3.05, 3.63) is 29.8 Å². The Bertz CT molecular complexity index is 803. The summed E-state index contributed by atoms with van der Waals surface area (Å²) in [5, 5.41) is 3.44. The minimum absolute atomic E-state index is 0.00786. The molecule has 178 valence electrons. The molecule has 0 bridgehead atoms. The first-order valence-electron chi connectivity index (χ1n) is 10.8. The zero-order valence-corrected chi connectivity index (χ0v) is 22.0. The van der Waals surface area contributed by atoms with Crippen molar-refractivity contribution in [2.45, 2.75) is 58.8 Å². The molecule has 0 saturated carbocycles. The first-order chi connectivity index (χ1) is 15.1. The van der Waals surface area contributed by atoms with Gasteiger partial charge in [-0.05, 0) is 37.6 Å². The van der Waals surface area contributed by atoms with Gasteiger partial charge in [0.05, 0.1) is 20.7 Å². The number of esters is 1. The Morgan fingerprint density at radius 3 is 2.25 bits per heavy atom. The number of ketones is 1. The molecule has 0 amide bonds. The highest BCUT2D eigenvalue weighted by molar-refractivity contribution is 8.04. The molecular formula is C23H37N3O4PS+. The van der Waals surface area contributed by atoms with E-state index < -0.39 is 18.2 Å². The van der Waals surface area contributed by atoms with Gasteiger partial charge in [0.2, 0.25) is 0 Å². The lowest BCUT2D eigenvalue weighted by Crippen LogP contribution is -2.45. The van der Waals surface area contributed by atoms with Gasteiger partial charge in [-0.3, -0.25) is 14.5 Å². The molecule has 0 heterocycles. The average Bonchev–Trinajstić information content (AvgIpc) is 2.78. The van der Waals surface area contributed by atoms with Crippen LogP contribution in [0.5, 0.6) is 5.75 Å². The number of nitrogens with zero attached hydrogens (tertiary/aromatic N) is 3. The lowest BCUT2D eigenvalue weighted by molar-refractivity contribution is -0.147. The number of hydrazone groups is 1. The fraction of sp³-hybridized carbons (Fsp3) is 0.609. The number of rotatable bonds is 14. The Kier molecular flexibility index (Phi) is 11.4. The summed E-state index contributed by atoms with van der Waals surface area (Å²) in [5.74, 6) is 0.543. The highest BCUT2D eigenvalue weighted by atomic mass is 32.4. The average molecular weight is 483 g/mol. The molecule has 0 saturated heterocycles. The van der Waals surface area contributed by atoms with E-state index in [9.17, 15) is 9.59 Å². The fourth-order valence-electron chi connectivity index (χ4n) is 3.64. The highest BCUT2D eigenvalue weighted by Gasteiger charge is 2.52. The summed E-state index contributed by atoms with van der Waals surface area (Å²) in [7, 11) is 3.20. The molecule has 1 aromatic carbocycles. The van der Waals surface area contributed by atoms with E-state index >= 15 is 0 Å². The number of carbonyl (C=O) groups is 2. The van der Waals surface area contributed by atoms with Crippen LogP contribution in [0.4, 0.5) is 0 Å². The van der Waals surface area contributed by atoms with Crippen molar-refractivity contribution in [3.63, 3.8) is 0 Å². The number of hydrogen-bond acceptors (Lipinski definition) is 7. The van der Waals surface area contributed by atoms with Crippen molar-refractivity contribution < 1.29 is 19.1 Å². The molecule has 3 unspecified atom stereocenters. The molecule has 3 atom stereocenters. The molecule has 0 aromatic heterocycles. The third kappa shape index (κ3) is 7.06. The van der Waals surface area contributed by atoms with E-state index in [1.54, 1.807) is 4.78 Å². The number of carbonyl (C=O) groups excluding carboxylic acids is 2. The van der Waals surface area contributed by atoms with Crippen LogP contribution in [-0.4, -0.2) is 66.8 Å². The lowest BCUT2D eigenvalue weighted by Gasteiger charge is -2.30. The highest BCUT2D eigenvalue weighted by Crippen LogP contribution is 2.50. The summed E-state index contributed by atoms with van der Waals surface area (Å²) in [4.78, 5) is 25.9. The predicted molar refractivity (Wildman–Crippen MR) is 134 cm³/mol. The Morgan fingerprint density at radius 2 is 1.84 bits per heavy atom. The normalized spacial score (nSPS) is 14.5. The van der Waals surface area contributed by atoms with E-state index in [0.29, 0.717) is 18.7 Å². The van der Waals surface area contributed by atoms with Gasteiger partial charge < -0.3 is 9.47 Å². The summed E-state index contributed by atoms with van der Waals surface area (Å²) in [6, 6.07) is 7.15. The topological polar surface area (TPSA) is 71.4 Å². The third-order valence-corrected chi connectivity index (χ3v) is 9.45. The number of likely N-dealkylation sites (N-methyl/N-ethyl adjacent to an activating group) is 1. The Labute approximate surface area is 198 Å². The quantitative estimate of drug-likeness (QED) is 0.170. The number of benzene rings is 1. The second-order valence-electron chi connectivity index (χ2n) is 8.01. The number of Topliss-reactive ketones (excluding diaryl/α,β-unsaturated/α-hetero) is 1. The van der Waals surface area contributed by atoms with Crippen molar-refractivity contribution in [1.29, 1.82) is 0 Å². The van der Waals surface area contributed by atoms with E-state index in [-0.39, 0.29) is 24.2 Å². The minimum atomic E-state index is -1.14. The molecule has 0 radical (unpaired) electrons. The summed E-state index contributed by atoms with van der Waals surface area (Å²) >= 11 is 5.82. The smallest absolute Gasteiger partial charge is 0.359 e. The zero-order valence-electron chi connectivity index (χ0n) is 20.3. The predicted octanol–water partition coefficient (Wildman–Crippen LogP) is 4.23. The minimum Gasteiger partial charge on any atom is -0.468 e. The summed E-state index contributed by atoms with van der Waals surface area (Å²) in [6.07, 6.45) is 1.18. The van der Waals surface area contributed by atoms with Gasteiger partial charge in [-0.2, -0.15) is 5.10 Å². The van der Waals surface area contributed by atoms with Gasteiger partial charge in [0.1, 0.15) is 17.6 Å². The molecule has 1 rings (SSSR count). The summed E-state index contributed by atoms with van der Waals surface area (Å²) in [6.45, 7) is 13.0. The van der Waals surface area contributed by atoms with Crippen LogP contribution in [-0.2, 0) is 32.6 Å². The van der Waals surface area contributed by atoms with Gasteiger partial charge in [0.25, 0.3) is 0 Å². The Morgan fingerprint density at radius 1 is 1.25 bits per heavy atom. The molecule has 0 N–H and O–H groups in total. The number of hydrogen-bond donors (Lipinski definition) is 0. The molecule has 1 aromatic rings. The van der Waals surface area contributed by atoms with Crippen molar-refractivity contribution in [3.8, 4) is 5.75 Å². The molecule has 0 aliphatic rings. The van der Waals surface area contributed by atoms with Crippen LogP contribution in [0.3, 0.4) is 0 Å². The van der Waals surface area contributed by atoms with Crippen molar-refractivity contribution >= 4 is 37.1 Å². The van der Waals surface area contributed by atoms with Gasteiger partial charge >= 0.3 is 18.2 Å². The largest absolute Gasteiger partial charge is 0.468 e. The molecule has 0 aliphatic heterocycles. The van der Waals surface area contributed by atoms with Crippen LogP contribution in [0.1, 0.15) is 46.6 Å². The molecule has 0 spiro atoms. The van der Waals surface area contributed by atoms with Crippen molar-refractivity contribution in [1.82, 2.24) is 9.68 Å². The third-order valence-electron chi connectivity index (χ3n) is 5.59. The van der Waals surface area contributed by atoms with Crippen LogP contribution < -0.4 is 4.74 Å². The summed E-state index contributed by atoms with van der Waals surface area (Å²) < 4.78 is 13.2. The van der Waals surface area contributed by atoms with E-state index in [4.69, 9.17) is 21.3 Å². The maximum absolute atomic E-state index is 12.4. The zero-order chi connectivity index (χ0) is 24.5. The maximum Gasteiger partial charge on any atom is 0.359 e. The lowest BCUT2D eigenvalue weighted by atomic mass is 10.0. The molecule has 32 heavy (non-hydrogen) atoms. The van der Waals surface area contributed by atoms with E-state index in [0.717, 1.165) is 12.0 Å². The number of ether oxygens (including phenoxy) is 2. The van der Waals surface area contributed by atoms with E-state index in [1.165, 1.54) is 14.0 Å².